The van der Waals surface area contributed by atoms with E-state index in [1.807, 2.05) is 25.1 Å². The Morgan fingerprint density at radius 2 is 1.80 bits per heavy atom. The van der Waals surface area contributed by atoms with E-state index >= 15 is 0 Å². The van der Waals surface area contributed by atoms with Gasteiger partial charge in [-0.3, -0.25) is 4.79 Å². The van der Waals surface area contributed by atoms with Gasteiger partial charge in [-0.25, -0.2) is 0 Å². The maximum atomic E-state index is 12.3. The van der Waals surface area contributed by atoms with E-state index < -0.39 is 0 Å². The predicted molar refractivity (Wildman–Crippen MR) is 79.9 cm³/mol. The summed E-state index contributed by atoms with van der Waals surface area (Å²) in [5.41, 5.74) is 1.77. The highest BCUT2D eigenvalue weighted by atomic mass is 16.5. The van der Waals surface area contributed by atoms with Crippen molar-refractivity contribution >= 4 is 21.7 Å². The Morgan fingerprint density at radius 1 is 1.00 bits per heavy atom. The molecule has 2 aromatic carbocycles. The zero-order valence-corrected chi connectivity index (χ0v) is 11.6. The molecule has 1 heterocycles. The van der Waals surface area contributed by atoms with Crippen molar-refractivity contribution in [2.45, 2.75) is 6.92 Å². The SMILES string of the molecule is COc1cc(OC)c2c(c1)c(=O)[nH]c1cc(C)ccc12. The van der Waals surface area contributed by atoms with Crippen LogP contribution in [0.25, 0.3) is 21.7 Å². The zero-order valence-electron chi connectivity index (χ0n) is 11.6. The molecule has 0 aliphatic heterocycles. The first kappa shape index (κ1) is 12.5. The molecular formula is C16H15NO3. The third kappa shape index (κ3) is 1.81. The fraction of sp³-hybridized carbons (Fsp3) is 0.188. The molecule has 4 nitrogen and oxygen atoms in total. The van der Waals surface area contributed by atoms with Crippen molar-refractivity contribution in [3.05, 3.63) is 46.2 Å². The highest BCUT2D eigenvalue weighted by Crippen LogP contribution is 2.34. The van der Waals surface area contributed by atoms with Crippen molar-refractivity contribution in [2.24, 2.45) is 0 Å². The van der Waals surface area contributed by atoms with Gasteiger partial charge in [0.1, 0.15) is 11.5 Å². The van der Waals surface area contributed by atoms with E-state index in [1.165, 1.54) is 0 Å². The Kier molecular flexibility index (Phi) is 2.86. The normalized spacial score (nSPS) is 10.9. The summed E-state index contributed by atoms with van der Waals surface area (Å²) >= 11 is 0. The molecule has 0 bridgehead atoms. The number of benzene rings is 2. The molecular weight excluding hydrogens is 254 g/mol. The topological polar surface area (TPSA) is 51.3 Å². The van der Waals surface area contributed by atoms with E-state index in [-0.39, 0.29) is 5.56 Å². The summed E-state index contributed by atoms with van der Waals surface area (Å²) in [6.45, 7) is 1.99. The second-order valence-corrected chi connectivity index (χ2v) is 4.76. The van der Waals surface area contributed by atoms with Crippen LogP contribution in [-0.4, -0.2) is 19.2 Å². The number of aryl methyl sites for hydroxylation is 1. The van der Waals surface area contributed by atoms with Crippen molar-refractivity contribution in [1.29, 1.82) is 0 Å². The highest BCUT2D eigenvalue weighted by Gasteiger charge is 2.12. The number of aromatic amines is 1. The van der Waals surface area contributed by atoms with Crippen molar-refractivity contribution in [3.8, 4) is 11.5 Å². The average molecular weight is 269 g/mol. The Morgan fingerprint density at radius 3 is 2.50 bits per heavy atom. The molecule has 0 radical (unpaired) electrons. The number of aromatic nitrogens is 1. The Bertz CT molecular complexity index is 865. The van der Waals surface area contributed by atoms with Crippen LogP contribution in [0, 0.1) is 6.92 Å². The minimum Gasteiger partial charge on any atom is -0.497 e. The Labute approximate surface area is 115 Å². The number of hydrogen-bond acceptors (Lipinski definition) is 3. The molecule has 0 spiro atoms. The smallest absolute Gasteiger partial charge is 0.256 e. The van der Waals surface area contributed by atoms with Gasteiger partial charge in [-0.1, -0.05) is 12.1 Å². The monoisotopic (exact) mass is 269 g/mol. The molecule has 0 saturated carbocycles. The second kappa shape index (κ2) is 4.56. The summed E-state index contributed by atoms with van der Waals surface area (Å²) in [5.74, 6) is 1.24. The summed E-state index contributed by atoms with van der Waals surface area (Å²) in [7, 11) is 3.16. The number of pyridine rings is 1. The Balaban J connectivity index is 2.57. The third-order valence-electron chi connectivity index (χ3n) is 3.47. The Hall–Kier alpha value is -2.49. The van der Waals surface area contributed by atoms with Crippen LogP contribution in [0.1, 0.15) is 5.56 Å². The minimum absolute atomic E-state index is 0.143. The van der Waals surface area contributed by atoms with Crippen LogP contribution < -0.4 is 15.0 Å². The van der Waals surface area contributed by atoms with Gasteiger partial charge in [0, 0.05) is 22.4 Å². The summed E-state index contributed by atoms with van der Waals surface area (Å²) in [4.78, 5) is 15.2. The molecule has 3 aromatic rings. The fourth-order valence-corrected chi connectivity index (χ4v) is 2.50. The summed E-state index contributed by atoms with van der Waals surface area (Å²) in [6.07, 6.45) is 0. The van der Waals surface area contributed by atoms with Gasteiger partial charge in [-0.15, -0.1) is 0 Å². The lowest BCUT2D eigenvalue weighted by atomic mass is 10.0. The van der Waals surface area contributed by atoms with Crippen molar-refractivity contribution < 1.29 is 9.47 Å². The average Bonchev–Trinajstić information content (AvgIpc) is 2.46. The first-order valence-electron chi connectivity index (χ1n) is 6.32. The molecule has 0 amide bonds. The van der Waals surface area contributed by atoms with Crippen molar-refractivity contribution in [3.63, 3.8) is 0 Å². The van der Waals surface area contributed by atoms with Crippen LogP contribution in [-0.2, 0) is 0 Å². The second-order valence-electron chi connectivity index (χ2n) is 4.76. The van der Waals surface area contributed by atoms with Gasteiger partial charge in [-0.2, -0.15) is 0 Å². The molecule has 0 aliphatic rings. The van der Waals surface area contributed by atoms with Gasteiger partial charge in [0.15, 0.2) is 0 Å². The fourth-order valence-electron chi connectivity index (χ4n) is 2.50. The van der Waals surface area contributed by atoms with Gasteiger partial charge in [0.2, 0.25) is 0 Å². The largest absolute Gasteiger partial charge is 0.497 e. The lowest BCUT2D eigenvalue weighted by Gasteiger charge is -2.11. The van der Waals surface area contributed by atoms with Gasteiger partial charge in [0.25, 0.3) is 5.56 Å². The van der Waals surface area contributed by atoms with Gasteiger partial charge in [-0.05, 0) is 24.6 Å². The highest BCUT2D eigenvalue weighted by molar-refractivity contribution is 6.09. The molecule has 4 heteroatoms. The van der Waals surface area contributed by atoms with E-state index in [2.05, 4.69) is 4.98 Å². The first-order chi connectivity index (χ1) is 9.63. The standard InChI is InChI=1S/C16H15NO3/c1-9-4-5-11-13(6-9)17-16(18)12-7-10(19-2)8-14(20-3)15(11)12/h4-8H,1-3H3,(H,17,18). The van der Waals surface area contributed by atoms with Crippen LogP contribution in [0.4, 0.5) is 0 Å². The van der Waals surface area contributed by atoms with Crippen molar-refractivity contribution in [1.82, 2.24) is 4.98 Å². The lowest BCUT2D eigenvalue weighted by Crippen LogP contribution is -2.07. The minimum atomic E-state index is -0.143. The quantitative estimate of drug-likeness (QED) is 0.728. The van der Waals surface area contributed by atoms with Gasteiger partial charge < -0.3 is 14.5 Å². The van der Waals surface area contributed by atoms with Gasteiger partial charge in [0.05, 0.1) is 19.6 Å². The molecule has 102 valence electrons. The van der Waals surface area contributed by atoms with Crippen LogP contribution >= 0.6 is 0 Å². The van der Waals surface area contributed by atoms with E-state index in [0.717, 1.165) is 21.9 Å². The lowest BCUT2D eigenvalue weighted by molar-refractivity contribution is 0.398. The molecule has 1 N–H and O–H groups in total. The van der Waals surface area contributed by atoms with E-state index in [1.54, 1.807) is 26.4 Å². The first-order valence-corrected chi connectivity index (χ1v) is 6.32. The summed E-state index contributed by atoms with van der Waals surface area (Å²) in [6, 6.07) is 9.50. The molecule has 20 heavy (non-hydrogen) atoms. The number of H-pyrrole nitrogens is 1. The molecule has 0 unspecified atom stereocenters. The van der Waals surface area contributed by atoms with Crippen LogP contribution in [0.3, 0.4) is 0 Å². The number of ether oxygens (including phenoxy) is 2. The molecule has 0 atom stereocenters. The number of rotatable bonds is 2. The van der Waals surface area contributed by atoms with Gasteiger partial charge >= 0.3 is 0 Å². The summed E-state index contributed by atoms with van der Waals surface area (Å²) < 4.78 is 10.6. The van der Waals surface area contributed by atoms with E-state index in [9.17, 15) is 4.79 Å². The number of nitrogens with one attached hydrogen (secondary N) is 1. The maximum absolute atomic E-state index is 12.3. The van der Waals surface area contributed by atoms with Crippen molar-refractivity contribution in [2.75, 3.05) is 14.2 Å². The molecule has 0 aliphatic carbocycles. The van der Waals surface area contributed by atoms with Crippen LogP contribution in [0.2, 0.25) is 0 Å². The maximum Gasteiger partial charge on any atom is 0.256 e. The number of hydrogen-bond donors (Lipinski definition) is 1. The molecule has 1 aromatic heterocycles. The number of fused-ring (bicyclic) bond motifs is 3. The zero-order chi connectivity index (χ0) is 14.3. The predicted octanol–water partition coefficient (Wildman–Crippen LogP) is 3.01. The van der Waals surface area contributed by atoms with Crippen LogP contribution in [0.5, 0.6) is 11.5 Å². The summed E-state index contributed by atoms with van der Waals surface area (Å²) in [5, 5.41) is 2.34. The van der Waals surface area contributed by atoms with E-state index in [4.69, 9.17) is 9.47 Å². The number of methoxy groups -OCH3 is 2. The third-order valence-corrected chi connectivity index (χ3v) is 3.47. The molecule has 0 fully saturated rings. The van der Waals surface area contributed by atoms with Crippen LogP contribution in [0.15, 0.2) is 35.1 Å². The molecule has 0 saturated heterocycles. The molecule has 3 rings (SSSR count). The van der Waals surface area contributed by atoms with E-state index in [0.29, 0.717) is 16.9 Å².